The van der Waals surface area contributed by atoms with Gasteiger partial charge < -0.3 is 14.5 Å². The highest BCUT2D eigenvalue weighted by Crippen LogP contribution is 2.28. The summed E-state index contributed by atoms with van der Waals surface area (Å²) in [6.45, 7) is 2.35. The van der Waals surface area contributed by atoms with E-state index in [0.717, 1.165) is 11.3 Å². The first-order valence-corrected chi connectivity index (χ1v) is 9.67. The minimum atomic E-state index is -0.511. The third kappa shape index (κ3) is 3.72. The van der Waals surface area contributed by atoms with Crippen molar-refractivity contribution in [3.05, 3.63) is 65.5 Å². The zero-order valence-electron chi connectivity index (χ0n) is 15.6. The molecular formula is C22H23FN2O3. The zero-order valence-corrected chi connectivity index (χ0v) is 15.6. The van der Waals surface area contributed by atoms with E-state index in [1.807, 2.05) is 29.2 Å². The van der Waals surface area contributed by atoms with Gasteiger partial charge in [-0.1, -0.05) is 30.3 Å². The fraction of sp³-hybridized carbons (Fsp3) is 0.364. The molecule has 2 heterocycles. The number of nitrogens with zero attached hydrogens (tertiary/aromatic N) is 2. The number of benzene rings is 2. The van der Waals surface area contributed by atoms with Crippen molar-refractivity contribution in [2.75, 3.05) is 32.8 Å². The molecule has 0 aliphatic carbocycles. The molecule has 0 bridgehead atoms. The topological polar surface area (TPSA) is 49.9 Å². The molecule has 1 saturated heterocycles. The molecule has 1 unspecified atom stereocenters. The van der Waals surface area contributed by atoms with Gasteiger partial charge >= 0.3 is 0 Å². The van der Waals surface area contributed by atoms with Crippen molar-refractivity contribution in [3.63, 3.8) is 0 Å². The number of rotatable bonds is 2. The number of amides is 2. The molecule has 1 fully saturated rings. The molecule has 28 heavy (non-hydrogen) atoms. The Labute approximate surface area is 163 Å². The van der Waals surface area contributed by atoms with Gasteiger partial charge in [-0.05, 0) is 36.6 Å². The number of fused-ring (bicyclic) bond motifs is 1. The van der Waals surface area contributed by atoms with E-state index in [2.05, 4.69) is 0 Å². The minimum absolute atomic E-state index is 0.0645. The average Bonchev–Trinajstić information content (AvgIpc) is 2.99. The summed E-state index contributed by atoms with van der Waals surface area (Å²) in [5.74, 6) is -0.118. The largest absolute Gasteiger partial charge is 0.492 e. The van der Waals surface area contributed by atoms with Crippen LogP contribution in [0.15, 0.2) is 48.5 Å². The Morgan fingerprint density at radius 2 is 1.64 bits per heavy atom. The number of hydrogen-bond acceptors (Lipinski definition) is 3. The van der Waals surface area contributed by atoms with Crippen molar-refractivity contribution in [1.29, 1.82) is 0 Å². The smallest absolute Gasteiger partial charge is 0.256 e. The number of carbonyl (C=O) groups excluding carboxylic acids is 2. The third-order valence-corrected chi connectivity index (χ3v) is 5.43. The molecule has 2 aliphatic heterocycles. The van der Waals surface area contributed by atoms with Crippen LogP contribution in [0.5, 0.6) is 5.75 Å². The second-order valence-corrected chi connectivity index (χ2v) is 7.27. The van der Waals surface area contributed by atoms with Crippen molar-refractivity contribution in [1.82, 2.24) is 9.80 Å². The molecule has 0 aromatic heterocycles. The third-order valence-electron chi connectivity index (χ3n) is 5.43. The predicted octanol–water partition coefficient (Wildman–Crippen LogP) is 2.75. The molecule has 2 aromatic rings. The molecule has 146 valence electrons. The highest BCUT2D eigenvalue weighted by molar-refractivity contribution is 5.94. The van der Waals surface area contributed by atoms with Crippen LogP contribution in [0.25, 0.3) is 0 Å². The summed E-state index contributed by atoms with van der Waals surface area (Å²) in [7, 11) is 0. The summed E-state index contributed by atoms with van der Waals surface area (Å²) in [6.07, 6.45) is 1.35. The Bertz CT molecular complexity index is 886. The van der Waals surface area contributed by atoms with Gasteiger partial charge in [0.1, 0.15) is 18.2 Å². The first-order chi connectivity index (χ1) is 13.6. The lowest BCUT2D eigenvalue weighted by atomic mass is 9.95. The maximum atomic E-state index is 13.9. The Hall–Kier alpha value is -2.89. The van der Waals surface area contributed by atoms with E-state index in [1.54, 1.807) is 17.0 Å². The van der Waals surface area contributed by atoms with E-state index in [0.29, 0.717) is 45.6 Å². The van der Waals surface area contributed by atoms with Crippen LogP contribution in [0.1, 0.15) is 22.3 Å². The summed E-state index contributed by atoms with van der Waals surface area (Å²) in [5.41, 5.74) is 1.14. The van der Waals surface area contributed by atoms with Crippen LogP contribution < -0.4 is 4.74 Å². The summed E-state index contributed by atoms with van der Waals surface area (Å²) in [5, 5.41) is 0. The lowest BCUT2D eigenvalue weighted by Crippen LogP contribution is -2.43. The second kappa shape index (κ2) is 8.00. The van der Waals surface area contributed by atoms with Crippen molar-refractivity contribution < 1.29 is 18.7 Å². The first-order valence-electron chi connectivity index (χ1n) is 9.67. The molecule has 6 heteroatoms. The summed E-state index contributed by atoms with van der Waals surface area (Å²) >= 11 is 0. The molecule has 1 atom stereocenters. The van der Waals surface area contributed by atoms with Crippen LogP contribution in [0.4, 0.5) is 4.39 Å². The Morgan fingerprint density at radius 3 is 2.50 bits per heavy atom. The van der Waals surface area contributed by atoms with E-state index < -0.39 is 5.82 Å². The molecule has 2 aliphatic rings. The fourth-order valence-corrected chi connectivity index (χ4v) is 3.89. The molecule has 4 rings (SSSR count). The van der Waals surface area contributed by atoms with Crippen LogP contribution in [0.2, 0.25) is 0 Å². The molecule has 2 amide bonds. The maximum Gasteiger partial charge on any atom is 0.256 e. The number of para-hydroxylation sites is 1. The van der Waals surface area contributed by atoms with Crippen LogP contribution >= 0.6 is 0 Å². The summed E-state index contributed by atoms with van der Waals surface area (Å²) in [6, 6.07) is 13.8. The number of carbonyl (C=O) groups is 2. The molecule has 0 saturated carbocycles. The molecule has 0 N–H and O–H groups in total. The van der Waals surface area contributed by atoms with E-state index in [1.165, 1.54) is 12.1 Å². The second-order valence-electron chi connectivity index (χ2n) is 7.27. The van der Waals surface area contributed by atoms with Crippen molar-refractivity contribution in [3.8, 4) is 5.75 Å². The summed E-state index contributed by atoms with van der Waals surface area (Å²) in [4.78, 5) is 29.1. The van der Waals surface area contributed by atoms with Crippen LogP contribution in [0.3, 0.4) is 0 Å². The van der Waals surface area contributed by atoms with E-state index in [9.17, 15) is 14.0 Å². The van der Waals surface area contributed by atoms with Gasteiger partial charge in [-0.15, -0.1) is 0 Å². The Kier molecular flexibility index (Phi) is 5.28. The van der Waals surface area contributed by atoms with E-state index in [-0.39, 0.29) is 23.3 Å². The van der Waals surface area contributed by atoms with Gasteiger partial charge in [0.15, 0.2) is 0 Å². The molecule has 5 nitrogen and oxygen atoms in total. The average molecular weight is 382 g/mol. The van der Waals surface area contributed by atoms with Crippen LogP contribution in [-0.2, 0) is 11.2 Å². The summed E-state index contributed by atoms with van der Waals surface area (Å²) < 4.78 is 19.7. The lowest BCUT2D eigenvalue weighted by Gasteiger charge is -2.29. The normalized spacial score (nSPS) is 19.4. The van der Waals surface area contributed by atoms with Gasteiger partial charge in [0.25, 0.3) is 5.91 Å². The standard InChI is InChI=1S/C22H23FN2O3/c23-19-8-3-2-7-18(19)22(27)25-11-5-10-24(12-13-25)21(26)17-14-16-6-1-4-9-20(16)28-15-17/h1-4,6-9,17H,5,10-15H2. The van der Waals surface area contributed by atoms with Gasteiger partial charge in [0.05, 0.1) is 11.5 Å². The predicted molar refractivity (Wildman–Crippen MR) is 103 cm³/mol. The molecule has 0 spiro atoms. The molecule has 0 radical (unpaired) electrons. The number of halogens is 1. The van der Waals surface area contributed by atoms with Crippen LogP contribution in [-0.4, -0.2) is 54.4 Å². The van der Waals surface area contributed by atoms with E-state index >= 15 is 0 Å². The zero-order chi connectivity index (χ0) is 19.5. The van der Waals surface area contributed by atoms with Gasteiger partial charge in [-0.2, -0.15) is 0 Å². The van der Waals surface area contributed by atoms with Gasteiger partial charge in [-0.3, -0.25) is 9.59 Å². The van der Waals surface area contributed by atoms with Crippen molar-refractivity contribution >= 4 is 11.8 Å². The fourth-order valence-electron chi connectivity index (χ4n) is 3.89. The lowest BCUT2D eigenvalue weighted by molar-refractivity contribution is -0.136. The SMILES string of the molecule is O=C(c1ccccc1F)N1CCCN(C(=O)C2COc3ccccc3C2)CC1. The first kappa shape index (κ1) is 18.5. The highest BCUT2D eigenvalue weighted by Gasteiger charge is 2.31. The number of ether oxygens (including phenoxy) is 1. The Morgan fingerprint density at radius 1 is 0.929 bits per heavy atom. The van der Waals surface area contributed by atoms with Gasteiger partial charge in [-0.25, -0.2) is 4.39 Å². The minimum Gasteiger partial charge on any atom is -0.492 e. The van der Waals surface area contributed by atoms with Gasteiger partial charge in [0, 0.05) is 26.2 Å². The van der Waals surface area contributed by atoms with Crippen molar-refractivity contribution in [2.24, 2.45) is 5.92 Å². The Balaban J connectivity index is 1.40. The quantitative estimate of drug-likeness (QED) is 0.803. The monoisotopic (exact) mass is 382 g/mol. The van der Waals surface area contributed by atoms with Crippen LogP contribution in [0, 0.1) is 11.7 Å². The highest BCUT2D eigenvalue weighted by atomic mass is 19.1. The maximum absolute atomic E-state index is 13.9. The molecular weight excluding hydrogens is 359 g/mol. The molecule has 2 aromatic carbocycles. The van der Waals surface area contributed by atoms with Crippen molar-refractivity contribution in [2.45, 2.75) is 12.8 Å². The number of hydrogen-bond donors (Lipinski definition) is 0. The van der Waals surface area contributed by atoms with E-state index in [4.69, 9.17) is 4.74 Å². The van der Waals surface area contributed by atoms with Gasteiger partial charge in [0.2, 0.25) is 5.91 Å².